The summed E-state index contributed by atoms with van der Waals surface area (Å²) in [6, 6.07) is 5.95. The van der Waals surface area contributed by atoms with Crippen LogP contribution in [0.15, 0.2) is 18.2 Å². The normalized spacial score (nSPS) is 14.3. The highest BCUT2D eigenvalue weighted by atomic mass is 16.6. The maximum Gasteiger partial charge on any atom is 0.410 e. The van der Waals surface area contributed by atoms with Gasteiger partial charge in [-0.3, -0.25) is 4.90 Å². The van der Waals surface area contributed by atoms with Crippen molar-refractivity contribution in [2.75, 3.05) is 0 Å². The summed E-state index contributed by atoms with van der Waals surface area (Å²) in [7, 11) is 0. The molecule has 0 spiro atoms. The number of nitrogens with one attached hydrogen (secondary N) is 1. The van der Waals surface area contributed by atoms with Crippen molar-refractivity contribution in [1.29, 1.82) is 0 Å². The second kappa shape index (κ2) is 4.44. The molecule has 18 heavy (non-hydrogen) atoms. The lowest BCUT2D eigenvalue weighted by Crippen LogP contribution is -2.58. The molecule has 0 saturated heterocycles. The van der Waals surface area contributed by atoms with E-state index in [4.69, 9.17) is 4.74 Å². The lowest BCUT2D eigenvalue weighted by atomic mass is 10.1. The number of amides is 1. The molecule has 4 nitrogen and oxygen atoms in total. The standard InChI is InChI=1S/C14H18N2O2/c1-14(2,3)18-13(17)16-8-10-6-5-7-12(15-4)11(10)9-16/h5-7H,4,8-9H2,1-3H3/p+1. The Labute approximate surface area is 107 Å². The number of nitrogens with zero attached hydrogens (tertiary/aromatic N) is 1. The summed E-state index contributed by atoms with van der Waals surface area (Å²) in [6.07, 6.45) is -0.270. The first-order valence-electron chi connectivity index (χ1n) is 6.02. The van der Waals surface area contributed by atoms with Crippen molar-refractivity contribution in [1.82, 2.24) is 4.90 Å². The number of carbonyl (C=O) groups is 1. The Morgan fingerprint density at radius 1 is 1.39 bits per heavy atom. The predicted molar refractivity (Wildman–Crippen MR) is 69.7 cm³/mol. The molecular weight excluding hydrogens is 228 g/mol. The minimum atomic E-state index is -0.459. The molecule has 96 valence electrons. The minimum absolute atomic E-state index is 0.270. The Morgan fingerprint density at radius 2 is 2.11 bits per heavy atom. The molecule has 0 atom stereocenters. The molecule has 0 aromatic heterocycles. The number of rotatable bonds is 1. The van der Waals surface area contributed by atoms with Crippen molar-refractivity contribution in [3.05, 3.63) is 29.3 Å². The highest BCUT2D eigenvalue weighted by Crippen LogP contribution is 2.27. The molecule has 0 unspecified atom stereocenters. The van der Waals surface area contributed by atoms with Crippen LogP contribution in [0.3, 0.4) is 0 Å². The van der Waals surface area contributed by atoms with Gasteiger partial charge < -0.3 is 4.74 Å². The molecule has 2 rings (SSSR count). The van der Waals surface area contributed by atoms with Crippen LogP contribution in [0, 0.1) is 0 Å². The average molecular weight is 247 g/mol. The molecule has 1 aromatic rings. The summed E-state index contributed by atoms with van der Waals surface area (Å²) in [5.74, 6) is 0. The monoisotopic (exact) mass is 247 g/mol. The molecule has 1 aliphatic heterocycles. The Morgan fingerprint density at radius 3 is 2.72 bits per heavy atom. The first kappa shape index (κ1) is 12.6. The van der Waals surface area contributed by atoms with Gasteiger partial charge in [0.05, 0.1) is 6.54 Å². The van der Waals surface area contributed by atoms with E-state index >= 15 is 0 Å². The van der Waals surface area contributed by atoms with Gasteiger partial charge >= 0.3 is 6.09 Å². The molecule has 0 fully saturated rings. The van der Waals surface area contributed by atoms with E-state index in [1.807, 2.05) is 39.0 Å². The molecule has 0 radical (unpaired) electrons. The molecule has 1 aliphatic rings. The zero-order valence-corrected chi connectivity index (χ0v) is 11.1. The quantitative estimate of drug-likeness (QED) is 0.761. The van der Waals surface area contributed by atoms with Crippen LogP contribution in [-0.4, -0.2) is 23.3 Å². The minimum Gasteiger partial charge on any atom is -0.444 e. The zero-order valence-electron chi connectivity index (χ0n) is 11.1. The number of ether oxygens (including phenoxy) is 1. The molecule has 0 bridgehead atoms. The van der Waals surface area contributed by atoms with Crippen LogP contribution < -0.4 is 4.99 Å². The van der Waals surface area contributed by atoms with Crippen molar-refractivity contribution in [3.63, 3.8) is 0 Å². The second-order valence-electron chi connectivity index (χ2n) is 5.46. The van der Waals surface area contributed by atoms with Gasteiger partial charge in [-0.25, -0.2) is 9.79 Å². The fourth-order valence-electron chi connectivity index (χ4n) is 2.04. The van der Waals surface area contributed by atoms with E-state index in [0.717, 1.165) is 16.8 Å². The molecule has 1 N–H and O–H groups in total. The summed E-state index contributed by atoms with van der Waals surface area (Å²) >= 11 is 0. The first-order chi connectivity index (χ1) is 8.40. The van der Waals surface area contributed by atoms with E-state index in [-0.39, 0.29) is 6.09 Å². The summed E-state index contributed by atoms with van der Waals surface area (Å²) in [4.78, 5) is 16.6. The molecule has 1 heterocycles. The van der Waals surface area contributed by atoms with Gasteiger partial charge in [-0.05, 0) is 26.3 Å². The van der Waals surface area contributed by atoms with Crippen molar-refractivity contribution in [2.24, 2.45) is 0 Å². The summed E-state index contributed by atoms with van der Waals surface area (Å²) < 4.78 is 5.38. The number of fused-ring (bicyclic) bond motifs is 1. The Kier molecular flexibility index (Phi) is 3.11. The molecule has 0 saturated carbocycles. The van der Waals surface area contributed by atoms with Crippen LogP contribution >= 0.6 is 0 Å². The van der Waals surface area contributed by atoms with Crippen LogP contribution in [0.1, 0.15) is 31.9 Å². The van der Waals surface area contributed by atoms with Crippen LogP contribution in [0.25, 0.3) is 0 Å². The smallest absolute Gasteiger partial charge is 0.410 e. The van der Waals surface area contributed by atoms with Gasteiger partial charge in [-0.15, -0.1) is 0 Å². The maximum atomic E-state index is 12.0. The predicted octanol–water partition coefficient (Wildman–Crippen LogP) is 1.35. The van der Waals surface area contributed by atoms with Crippen molar-refractivity contribution >= 4 is 18.5 Å². The Bertz CT molecular complexity index is 489. The summed E-state index contributed by atoms with van der Waals surface area (Å²) in [6.45, 7) is 10.5. The fraction of sp³-hybridized carbons (Fsp3) is 0.429. The van der Waals surface area contributed by atoms with E-state index in [0.29, 0.717) is 13.1 Å². The molecule has 1 aromatic carbocycles. The van der Waals surface area contributed by atoms with Crippen LogP contribution in [0.4, 0.5) is 10.5 Å². The summed E-state index contributed by atoms with van der Waals surface area (Å²) in [5, 5.41) is 0. The third-order valence-corrected chi connectivity index (χ3v) is 2.83. The number of benzene rings is 1. The van der Waals surface area contributed by atoms with Gasteiger partial charge in [0.2, 0.25) is 5.69 Å². The number of carbonyl (C=O) groups excluding carboxylic acids is 1. The third-order valence-electron chi connectivity index (χ3n) is 2.83. The second-order valence-corrected chi connectivity index (χ2v) is 5.46. The molecule has 0 aliphatic carbocycles. The van der Waals surface area contributed by atoms with E-state index in [2.05, 4.69) is 11.7 Å². The topological polar surface area (TPSA) is 43.5 Å². The van der Waals surface area contributed by atoms with Crippen molar-refractivity contribution < 1.29 is 14.5 Å². The molecule has 1 amide bonds. The van der Waals surface area contributed by atoms with Gasteiger partial charge in [0.1, 0.15) is 12.3 Å². The van der Waals surface area contributed by atoms with E-state index in [1.165, 1.54) is 0 Å². The Hall–Kier alpha value is -1.84. The lowest BCUT2D eigenvalue weighted by molar-refractivity contribution is -0.342. The molecule has 4 heteroatoms. The van der Waals surface area contributed by atoms with Gasteiger partial charge in [-0.2, -0.15) is 0 Å². The van der Waals surface area contributed by atoms with Crippen molar-refractivity contribution in [2.45, 2.75) is 39.5 Å². The van der Waals surface area contributed by atoms with Crippen molar-refractivity contribution in [3.8, 4) is 0 Å². The fourth-order valence-corrected chi connectivity index (χ4v) is 2.04. The first-order valence-corrected chi connectivity index (χ1v) is 6.02. The van der Waals surface area contributed by atoms with E-state index < -0.39 is 5.60 Å². The van der Waals surface area contributed by atoms with Crippen LogP contribution in [0.5, 0.6) is 0 Å². The summed E-state index contributed by atoms with van der Waals surface area (Å²) in [5.41, 5.74) is 2.78. The van der Waals surface area contributed by atoms with Gasteiger partial charge in [0.25, 0.3) is 0 Å². The van der Waals surface area contributed by atoms with Gasteiger partial charge in [0, 0.05) is 18.2 Å². The largest absolute Gasteiger partial charge is 0.444 e. The van der Waals surface area contributed by atoms with Crippen LogP contribution in [-0.2, 0) is 17.8 Å². The number of hydrogen-bond donors (Lipinski definition) is 1. The lowest BCUT2D eigenvalue weighted by Gasteiger charge is -2.24. The highest BCUT2D eigenvalue weighted by Gasteiger charge is 2.30. The molecular formula is C14H19N2O2+. The average Bonchev–Trinajstić information content (AvgIpc) is 2.70. The highest BCUT2D eigenvalue weighted by molar-refractivity contribution is 5.70. The van der Waals surface area contributed by atoms with E-state index in [9.17, 15) is 4.79 Å². The third kappa shape index (κ3) is 2.53. The van der Waals surface area contributed by atoms with Gasteiger partial charge in [-0.1, -0.05) is 12.1 Å². The number of hydrogen-bond acceptors (Lipinski definition) is 2. The van der Waals surface area contributed by atoms with E-state index in [1.54, 1.807) is 4.90 Å². The van der Waals surface area contributed by atoms with Crippen LogP contribution in [0.2, 0.25) is 0 Å². The zero-order chi connectivity index (χ0) is 13.3. The Balaban J connectivity index is 2.15. The maximum absolute atomic E-state index is 12.0. The SMILES string of the molecule is C=[NH+]c1cccc2c1CN(C(=O)OC(C)(C)C)C2. The van der Waals surface area contributed by atoms with Gasteiger partial charge in [0.15, 0.2) is 0 Å².